The Bertz CT molecular complexity index is 1100. The van der Waals surface area contributed by atoms with Crippen molar-refractivity contribution in [2.24, 2.45) is 0 Å². The molecule has 3 aromatic carbocycles. The van der Waals surface area contributed by atoms with Crippen molar-refractivity contribution in [3.63, 3.8) is 0 Å². The van der Waals surface area contributed by atoms with Crippen molar-refractivity contribution in [2.75, 3.05) is 26.0 Å². The predicted molar refractivity (Wildman–Crippen MR) is 141 cm³/mol. The summed E-state index contributed by atoms with van der Waals surface area (Å²) in [7, 11) is 0. The van der Waals surface area contributed by atoms with Gasteiger partial charge in [0.05, 0.1) is 19.3 Å². The SMILES string of the molecule is CSc1ccc(COC2CN(C(=O)O)CCC2c2ccc(OCC=Cc3ccccc3)cc2)cc1. The van der Waals surface area contributed by atoms with Crippen LogP contribution in [0.5, 0.6) is 5.75 Å². The Morgan fingerprint density at radius 1 is 1.06 bits per heavy atom. The Labute approximate surface area is 211 Å². The molecule has 0 aromatic heterocycles. The maximum absolute atomic E-state index is 11.6. The minimum Gasteiger partial charge on any atom is -0.490 e. The van der Waals surface area contributed by atoms with E-state index in [1.54, 1.807) is 11.8 Å². The Balaban J connectivity index is 1.37. The standard InChI is InChI=1S/C29H31NO4S/c1-35-26-15-9-23(10-16-26)21-34-28-20-30(29(31)32)18-17-27(28)24-11-13-25(14-12-24)33-19-5-8-22-6-3-2-4-7-22/h2-16,27-28H,17-21H2,1H3,(H,31,32). The third kappa shape index (κ3) is 7.13. The van der Waals surface area contributed by atoms with Gasteiger partial charge in [-0.1, -0.05) is 60.7 Å². The zero-order valence-corrected chi connectivity index (χ0v) is 20.7. The molecule has 1 N–H and O–H groups in total. The molecule has 0 spiro atoms. The van der Waals surface area contributed by atoms with Crippen LogP contribution in [0.4, 0.5) is 4.79 Å². The molecule has 1 aliphatic rings. The van der Waals surface area contributed by atoms with E-state index >= 15 is 0 Å². The molecular weight excluding hydrogens is 458 g/mol. The van der Waals surface area contributed by atoms with Crippen LogP contribution in [0.15, 0.2) is 89.8 Å². The van der Waals surface area contributed by atoms with E-state index in [-0.39, 0.29) is 12.0 Å². The smallest absolute Gasteiger partial charge is 0.407 e. The maximum Gasteiger partial charge on any atom is 0.407 e. The van der Waals surface area contributed by atoms with E-state index in [2.05, 4.69) is 54.8 Å². The van der Waals surface area contributed by atoms with Crippen molar-refractivity contribution in [3.05, 3.63) is 102 Å². The van der Waals surface area contributed by atoms with Gasteiger partial charge in [0.25, 0.3) is 0 Å². The fraction of sp³-hybridized carbons (Fsp3) is 0.276. The molecule has 0 radical (unpaired) electrons. The highest BCUT2D eigenvalue weighted by molar-refractivity contribution is 7.98. The van der Waals surface area contributed by atoms with Crippen LogP contribution in [0, 0.1) is 0 Å². The first-order chi connectivity index (χ1) is 17.1. The van der Waals surface area contributed by atoms with E-state index in [4.69, 9.17) is 9.47 Å². The summed E-state index contributed by atoms with van der Waals surface area (Å²) in [5.74, 6) is 0.934. The van der Waals surface area contributed by atoms with Crippen molar-refractivity contribution >= 4 is 23.9 Å². The molecule has 4 rings (SSSR count). The summed E-state index contributed by atoms with van der Waals surface area (Å²) in [5.41, 5.74) is 3.37. The number of thioether (sulfide) groups is 1. The second-order valence-corrected chi connectivity index (χ2v) is 9.39. The molecule has 1 heterocycles. The highest BCUT2D eigenvalue weighted by atomic mass is 32.2. The van der Waals surface area contributed by atoms with E-state index < -0.39 is 6.09 Å². The van der Waals surface area contributed by atoms with Gasteiger partial charge in [-0.05, 0) is 59.7 Å². The number of likely N-dealkylation sites (tertiary alicyclic amines) is 1. The lowest BCUT2D eigenvalue weighted by molar-refractivity contribution is -0.0199. The fourth-order valence-electron chi connectivity index (χ4n) is 4.27. The zero-order valence-electron chi connectivity index (χ0n) is 19.9. The van der Waals surface area contributed by atoms with Gasteiger partial charge in [0, 0.05) is 17.4 Å². The lowest BCUT2D eigenvalue weighted by atomic mass is 9.87. The van der Waals surface area contributed by atoms with Gasteiger partial charge in [0.2, 0.25) is 0 Å². The summed E-state index contributed by atoms with van der Waals surface area (Å²) in [6.07, 6.45) is 5.72. The number of benzene rings is 3. The van der Waals surface area contributed by atoms with Gasteiger partial charge in [0.15, 0.2) is 0 Å². The predicted octanol–water partition coefficient (Wildman–Crippen LogP) is 6.55. The first kappa shape index (κ1) is 24.9. The van der Waals surface area contributed by atoms with Crippen LogP contribution in [0.3, 0.4) is 0 Å². The number of ether oxygens (including phenoxy) is 2. The number of hydrogen-bond acceptors (Lipinski definition) is 4. The van der Waals surface area contributed by atoms with Gasteiger partial charge in [-0.15, -0.1) is 11.8 Å². The molecule has 0 saturated carbocycles. The molecule has 35 heavy (non-hydrogen) atoms. The Hall–Kier alpha value is -3.22. The minimum absolute atomic E-state index is 0.128. The molecule has 1 amide bonds. The van der Waals surface area contributed by atoms with Gasteiger partial charge >= 0.3 is 6.09 Å². The van der Waals surface area contributed by atoms with Crippen LogP contribution in [-0.4, -0.2) is 48.2 Å². The highest BCUT2D eigenvalue weighted by Gasteiger charge is 2.33. The molecule has 1 fully saturated rings. The summed E-state index contributed by atoms with van der Waals surface area (Å²) in [4.78, 5) is 14.3. The monoisotopic (exact) mass is 489 g/mol. The van der Waals surface area contributed by atoms with E-state index in [1.165, 1.54) is 9.80 Å². The average Bonchev–Trinajstić information content (AvgIpc) is 2.91. The van der Waals surface area contributed by atoms with E-state index in [0.29, 0.717) is 26.3 Å². The van der Waals surface area contributed by atoms with Gasteiger partial charge in [0.1, 0.15) is 12.4 Å². The van der Waals surface area contributed by atoms with Crippen LogP contribution in [-0.2, 0) is 11.3 Å². The Kier molecular flexibility index (Phi) is 8.87. The van der Waals surface area contributed by atoms with Crippen molar-refractivity contribution in [1.82, 2.24) is 4.90 Å². The quantitative estimate of drug-likeness (QED) is 0.345. The number of nitrogens with zero attached hydrogens (tertiary/aromatic N) is 1. The molecule has 3 aromatic rings. The molecule has 5 nitrogen and oxygen atoms in total. The highest BCUT2D eigenvalue weighted by Crippen LogP contribution is 2.32. The van der Waals surface area contributed by atoms with Crippen molar-refractivity contribution in [3.8, 4) is 5.75 Å². The van der Waals surface area contributed by atoms with Crippen molar-refractivity contribution in [2.45, 2.75) is 29.9 Å². The van der Waals surface area contributed by atoms with E-state index in [1.807, 2.05) is 42.5 Å². The zero-order chi connectivity index (χ0) is 24.5. The summed E-state index contributed by atoms with van der Waals surface area (Å²) in [6, 6.07) is 26.5. The van der Waals surface area contributed by atoms with Gasteiger partial charge in [-0.3, -0.25) is 0 Å². The van der Waals surface area contributed by atoms with Crippen LogP contribution in [0.2, 0.25) is 0 Å². The number of carboxylic acid groups (broad SMARTS) is 1. The van der Waals surface area contributed by atoms with Crippen LogP contribution in [0.25, 0.3) is 6.08 Å². The third-order valence-electron chi connectivity index (χ3n) is 6.22. The number of amides is 1. The largest absolute Gasteiger partial charge is 0.490 e. The number of hydrogen-bond donors (Lipinski definition) is 1. The average molecular weight is 490 g/mol. The van der Waals surface area contributed by atoms with Crippen LogP contribution >= 0.6 is 11.8 Å². The first-order valence-electron chi connectivity index (χ1n) is 11.8. The number of carbonyl (C=O) groups is 1. The normalized spacial score (nSPS) is 18.0. The van der Waals surface area contributed by atoms with Gasteiger partial charge in [-0.2, -0.15) is 0 Å². The minimum atomic E-state index is -0.895. The third-order valence-corrected chi connectivity index (χ3v) is 6.96. The second-order valence-electron chi connectivity index (χ2n) is 8.51. The molecule has 2 atom stereocenters. The van der Waals surface area contributed by atoms with E-state index in [9.17, 15) is 9.90 Å². The van der Waals surface area contributed by atoms with Gasteiger partial charge < -0.3 is 19.5 Å². The fourth-order valence-corrected chi connectivity index (χ4v) is 4.68. The summed E-state index contributed by atoms with van der Waals surface area (Å²) < 4.78 is 12.2. The van der Waals surface area contributed by atoms with Crippen LogP contribution < -0.4 is 4.74 Å². The lowest BCUT2D eigenvalue weighted by Crippen LogP contribution is -2.46. The molecule has 0 bridgehead atoms. The van der Waals surface area contributed by atoms with E-state index in [0.717, 1.165) is 28.9 Å². The Morgan fingerprint density at radius 3 is 2.49 bits per heavy atom. The van der Waals surface area contributed by atoms with Crippen molar-refractivity contribution in [1.29, 1.82) is 0 Å². The molecule has 1 aliphatic heterocycles. The molecule has 1 saturated heterocycles. The Morgan fingerprint density at radius 2 is 1.80 bits per heavy atom. The summed E-state index contributed by atoms with van der Waals surface area (Å²) >= 11 is 1.70. The van der Waals surface area contributed by atoms with Crippen molar-refractivity contribution < 1.29 is 19.4 Å². The molecular formula is C29H31NO4S. The van der Waals surface area contributed by atoms with Gasteiger partial charge in [-0.25, -0.2) is 4.79 Å². The molecule has 2 unspecified atom stereocenters. The summed E-state index contributed by atoms with van der Waals surface area (Å²) in [6.45, 7) is 1.82. The molecule has 0 aliphatic carbocycles. The summed E-state index contributed by atoms with van der Waals surface area (Å²) in [5, 5.41) is 9.51. The molecule has 6 heteroatoms. The number of rotatable bonds is 9. The second kappa shape index (κ2) is 12.5. The first-order valence-corrected chi connectivity index (χ1v) is 13.0. The maximum atomic E-state index is 11.6. The number of piperidine rings is 1. The lowest BCUT2D eigenvalue weighted by Gasteiger charge is -2.37. The van der Waals surface area contributed by atoms with Crippen LogP contribution in [0.1, 0.15) is 29.0 Å². The topological polar surface area (TPSA) is 59.0 Å². The molecule has 182 valence electrons.